The number of likely N-dealkylation sites (tertiary alicyclic amines) is 1. The van der Waals surface area contributed by atoms with Gasteiger partial charge in [-0.15, -0.1) is 0 Å². The van der Waals surface area contributed by atoms with Gasteiger partial charge in [0.25, 0.3) is 11.8 Å². The minimum Gasteiger partial charge on any atom is -0.337 e. The Balaban J connectivity index is 1.59. The number of hydrogen-bond donors (Lipinski definition) is 1. The Bertz CT molecular complexity index is 1440. The minimum absolute atomic E-state index is 0.201. The smallest absolute Gasteiger partial charge is 0.270 e. The summed E-state index contributed by atoms with van der Waals surface area (Å²) in [6, 6.07) is 24.4. The van der Waals surface area contributed by atoms with Crippen molar-refractivity contribution in [1.29, 1.82) is 0 Å². The van der Waals surface area contributed by atoms with Gasteiger partial charge < -0.3 is 10.2 Å². The van der Waals surface area contributed by atoms with Gasteiger partial charge in [0.1, 0.15) is 11.4 Å². The molecule has 1 aliphatic heterocycles. The van der Waals surface area contributed by atoms with Crippen molar-refractivity contribution >= 4 is 29.5 Å². The number of hydrogen-bond acceptors (Lipinski definition) is 3. The van der Waals surface area contributed by atoms with Crippen LogP contribution >= 0.6 is 11.6 Å². The second-order valence-corrected chi connectivity index (χ2v) is 9.53. The van der Waals surface area contributed by atoms with Gasteiger partial charge in [0.05, 0.1) is 5.69 Å². The highest BCUT2D eigenvalue weighted by molar-refractivity contribution is 6.30. The first kappa shape index (κ1) is 24.5. The van der Waals surface area contributed by atoms with Gasteiger partial charge in [-0.2, -0.15) is 5.10 Å². The molecule has 7 heteroatoms. The highest BCUT2D eigenvalue weighted by atomic mass is 35.5. The van der Waals surface area contributed by atoms with E-state index in [0.717, 1.165) is 29.7 Å². The topological polar surface area (TPSA) is 67.2 Å². The second-order valence-electron chi connectivity index (χ2n) is 9.10. The quantitative estimate of drug-likeness (QED) is 0.329. The lowest BCUT2D eigenvalue weighted by atomic mass is 10.1. The fourth-order valence-corrected chi connectivity index (χ4v) is 4.46. The van der Waals surface area contributed by atoms with Crippen LogP contribution in [-0.2, 0) is 4.79 Å². The lowest BCUT2D eigenvalue weighted by Gasteiger charge is -2.18. The molecule has 1 N–H and O–H groups in total. The maximum Gasteiger partial charge on any atom is 0.270 e. The van der Waals surface area contributed by atoms with Gasteiger partial charge >= 0.3 is 0 Å². The van der Waals surface area contributed by atoms with Crippen LogP contribution in [0.2, 0.25) is 5.02 Å². The van der Waals surface area contributed by atoms with E-state index < -0.39 is 0 Å². The molecule has 1 fully saturated rings. The van der Waals surface area contributed by atoms with E-state index in [9.17, 15) is 9.59 Å². The Hall–Kier alpha value is -4.16. The zero-order chi connectivity index (χ0) is 25.8. The fraction of sp³-hybridized carbons (Fsp3) is 0.167. The normalized spacial score (nSPS) is 13.6. The maximum absolute atomic E-state index is 13.5. The lowest BCUT2D eigenvalue weighted by molar-refractivity contribution is -0.126. The van der Waals surface area contributed by atoms with Crippen LogP contribution < -0.4 is 5.32 Å². The van der Waals surface area contributed by atoms with Crippen LogP contribution in [0.25, 0.3) is 23.0 Å². The summed E-state index contributed by atoms with van der Waals surface area (Å²) in [6.07, 6.45) is 5.50. The van der Waals surface area contributed by atoms with Crippen molar-refractivity contribution in [3.05, 3.63) is 112 Å². The molecular weight excluding hydrogens is 484 g/mol. The predicted octanol–water partition coefficient (Wildman–Crippen LogP) is 5.89. The van der Waals surface area contributed by atoms with Gasteiger partial charge in [0, 0.05) is 41.0 Å². The third-order valence-corrected chi connectivity index (χ3v) is 6.62. The molecule has 186 valence electrons. The Morgan fingerprint density at radius 3 is 2.27 bits per heavy atom. The highest BCUT2D eigenvalue weighted by Gasteiger charge is 2.24. The van der Waals surface area contributed by atoms with E-state index in [4.69, 9.17) is 16.7 Å². The number of aryl methyl sites for hydroxylation is 1. The minimum atomic E-state index is -0.331. The number of nitrogens with one attached hydrogen (secondary N) is 1. The monoisotopic (exact) mass is 510 g/mol. The van der Waals surface area contributed by atoms with E-state index in [1.54, 1.807) is 39.9 Å². The van der Waals surface area contributed by atoms with Gasteiger partial charge in [-0.25, -0.2) is 4.68 Å². The molecule has 0 unspecified atom stereocenters. The maximum atomic E-state index is 13.5. The van der Waals surface area contributed by atoms with Crippen molar-refractivity contribution in [2.45, 2.75) is 19.8 Å². The van der Waals surface area contributed by atoms with Gasteiger partial charge in [-0.3, -0.25) is 9.59 Å². The van der Waals surface area contributed by atoms with Crippen LogP contribution in [0.3, 0.4) is 0 Å². The molecule has 2 amide bonds. The van der Waals surface area contributed by atoms with Crippen molar-refractivity contribution in [2.75, 3.05) is 13.1 Å². The van der Waals surface area contributed by atoms with Crippen LogP contribution in [0.1, 0.15) is 34.3 Å². The average Bonchev–Trinajstić information content (AvgIpc) is 3.60. The van der Waals surface area contributed by atoms with E-state index in [1.807, 2.05) is 67.7 Å². The summed E-state index contributed by atoms with van der Waals surface area (Å²) in [6.45, 7) is 3.31. The second kappa shape index (κ2) is 10.8. The Morgan fingerprint density at radius 1 is 0.919 bits per heavy atom. The van der Waals surface area contributed by atoms with Gasteiger partial charge in [0.15, 0.2) is 0 Å². The van der Waals surface area contributed by atoms with E-state index >= 15 is 0 Å². The molecule has 4 aromatic rings. The molecule has 0 aliphatic carbocycles. The highest BCUT2D eigenvalue weighted by Crippen LogP contribution is 2.27. The predicted molar refractivity (Wildman–Crippen MR) is 146 cm³/mol. The van der Waals surface area contributed by atoms with Crippen molar-refractivity contribution < 1.29 is 9.59 Å². The first-order chi connectivity index (χ1) is 18.0. The zero-order valence-corrected chi connectivity index (χ0v) is 21.3. The first-order valence-electron chi connectivity index (χ1n) is 12.3. The number of carbonyl (C=O) groups excluding carboxylic acids is 2. The van der Waals surface area contributed by atoms with Crippen molar-refractivity contribution in [1.82, 2.24) is 20.0 Å². The molecule has 6 nitrogen and oxygen atoms in total. The zero-order valence-electron chi connectivity index (χ0n) is 20.5. The summed E-state index contributed by atoms with van der Waals surface area (Å²) in [5.41, 5.74) is 4.88. The van der Waals surface area contributed by atoms with Crippen molar-refractivity contribution in [3.8, 4) is 16.9 Å². The number of carbonyl (C=O) groups is 2. The molecule has 5 rings (SSSR count). The SMILES string of the molecule is Cc1ccc(C(=O)N/C(=C\c2cn(-c3ccccc3)nc2-c2ccc(Cl)cc2)C(=O)N2CCCC2)cc1. The molecule has 1 aliphatic rings. The number of amides is 2. The number of halogens is 1. The van der Waals surface area contributed by atoms with E-state index in [1.165, 1.54) is 0 Å². The molecule has 0 atom stereocenters. The number of nitrogens with zero attached hydrogens (tertiary/aromatic N) is 3. The van der Waals surface area contributed by atoms with Gasteiger partial charge in [-0.1, -0.05) is 59.6 Å². The summed E-state index contributed by atoms with van der Waals surface area (Å²) < 4.78 is 1.77. The standard InChI is InChI=1S/C30H27ClN4O2/c1-21-9-11-23(12-10-21)29(36)32-27(30(37)34-17-5-6-18-34)19-24-20-35(26-7-3-2-4-8-26)33-28(24)22-13-15-25(31)16-14-22/h2-4,7-16,19-20H,5-6,17-18H2,1H3,(H,32,36)/b27-19-. The van der Waals surface area contributed by atoms with Gasteiger partial charge in [0.2, 0.25) is 0 Å². The summed E-state index contributed by atoms with van der Waals surface area (Å²) in [5, 5.41) is 8.34. The van der Waals surface area contributed by atoms with Gasteiger partial charge in [-0.05, 0) is 62.2 Å². The lowest BCUT2D eigenvalue weighted by Crippen LogP contribution is -2.36. The summed E-state index contributed by atoms with van der Waals surface area (Å²) in [4.78, 5) is 28.5. The molecule has 1 saturated heterocycles. The average molecular weight is 511 g/mol. The van der Waals surface area contributed by atoms with Crippen molar-refractivity contribution in [2.24, 2.45) is 0 Å². The summed E-state index contributed by atoms with van der Waals surface area (Å²) in [7, 11) is 0. The molecule has 2 heterocycles. The molecule has 3 aromatic carbocycles. The number of para-hydroxylation sites is 1. The molecule has 37 heavy (non-hydrogen) atoms. The molecule has 1 aromatic heterocycles. The largest absolute Gasteiger partial charge is 0.337 e. The third kappa shape index (κ3) is 5.65. The summed E-state index contributed by atoms with van der Waals surface area (Å²) >= 11 is 6.13. The molecule has 0 spiro atoms. The van der Waals surface area contributed by atoms with Crippen LogP contribution in [0.15, 0.2) is 90.8 Å². The van der Waals surface area contributed by atoms with E-state index in [2.05, 4.69) is 5.32 Å². The fourth-order valence-electron chi connectivity index (χ4n) is 4.33. The van der Waals surface area contributed by atoms with Crippen LogP contribution in [-0.4, -0.2) is 39.6 Å². The Morgan fingerprint density at radius 2 is 1.59 bits per heavy atom. The number of benzene rings is 3. The molecule has 0 bridgehead atoms. The summed E-state index contributed by atoms with van der Waals surface area (Å²) in [5.74, 6) is -0.533. The molecule has 0 saturated carbocycles. The van der Waals surface area contributed by atoms with Crippen molar-refractivity contribution in [3.63, 3.8) is 0 Å². The Labute approximate surface area is 221 Å². The first-order valence-corrected chi connectivity index (χ1v) is 12.7. The van der Waals surface area contributed by atoms with Crippen LogP contribution in [0.5, 0.6) is 0 Å². The molecular formula is C30H27ClN4O2. The number of aromatic nitrogens is 2. The van der Waals surface area contributed by atoms with E-state index in [0.29, 0.717) is 34.9 Å². The van der Waals surface area contributed by atoms with E-state index in [-0.39, 0.29) is 17.5 Å². The molecule has 0 radical (unpaired) electrons. The number of rotatable bonds is 6. The third-order valence-electron chi connectivity index (χ3n) is 6.37. The van der Waals surface area contributed by atoms with Crippen LogP contribution in [0.4, 0.5) is 0 Å². The van der Waals surface area contributed by atoms with Crippen LogP contribution in [0, 0.1) is 6.92 Å². The Kier molecular flexibility index (Phi) is 7.19.